The van der Waals surface area contributed by atoms with Gasteiger partial charge in [0.05, 0.1) is 0 Å². The molecule has 0 spiro atoms. The van der Waals surface area contributed by atoms with Crippen LogP contribution in [-0.2, 0) is 0 Å². The van der Waals surface area contributed by atoms with Crippen LogP contribution in [0.1, 0.15) is 25.7 Å². The Labute approximate surface area is 72.4 Å². The normalized spacial score (nSPS) is 30.9. The topological polar surface area (TPSA) is 35.8 Å². The van der Waals surface area contributed by atoms with Gasteiger partial charge in [-0.15, -0.1) is 0 Å². The molecule has 1 aliphatic carbocycles. The fraction of sp³-hybridized carbons (Fsp3) is 0.875. The highest BCUT2D eigenvalue weighted by Crippen LogP contribution is 2.26. The second-order valence-electron chi connectivity index (χ2n) is 2.92. The zero-order valence-electron chi connectivity index (χ0n) is 6.84. The van der Waals surface area contributed by atoms with Gasteiger partial charge in [0.2, 0.25) is 0 Å². The van der Waals surface area contributed by atoms with Crippen molar-refractivity contribution in [2.75, 3.05) is 6.26 Å². The molecule has 3 heteroatoms. The van der Waals surface area contributed by atoms with E-state index in [2.05, 4.69) is 11.6 Å². The highest BCUT2D eigenvalue weighted by Gasteiger charge is 2.23. The van der Waals surface area contributed by atoms with E-state index >= 15 is 0 Å². The van der Waals surface area contributed by atoms with Gasteiger partial charge in [0, 0.05) is 11.3 Å². The molecule has 0 radical (unpaired) electrons. The van der Waals surface area contributed by atoms with E-state index in [4.69, 9.17) is 5.26 Å². The van der Waals surface area contributed by atoms with Crippen molar-refractivity contribution in [3.8, 4) is 6.19 Å². The van der Waals surface area contributed by atoms with E-state index in [0.29, 0.717) is 11.3 Å². The van der Waals surface area contributed by atoms with Crippen LogP contribution >= 0.6 is 11.8 Å². The monoisotopic (exact) mass is 170 g/mol. The van der Waals surface area contributed by atoms with E-state index < -0.39 is 0 Å². The first-order valence-electron chi connectivity index (χ1n) is 4.06. The fourth-order valence-electron chi connectivity index (χ4n) is 1.63. The summed E-state index contributed by atoms with van der Waals surface area (Å²) in [7, 11) is 0. The van der Waals surface area contributed by atoms with E-state index in [1.165, 1.54) is 25.7 Å². The Morgan fingerprint density at radius 1 is 1.45 bits per heavy atom. The molecule has 0 aliphatic heterocycles. The van der Waals surface area contributed by atoms with Crippen LogP contribution in [-0.4, -0.2) is 17.5 Å². The number of hydrogen-bond acceptors (Lipinski definition) is 3. The molecule has 0 aromatic heterocycles. The molecule has 0 aromatic rings. The zero-order valence-corrected chi connectivity index (χ0v) is 7.66. The van der Waals surface area contributed by atoms with E-state index in [0.717, 1.165) is 0 Å². The van der Waals surface area contributed by atoms with Crippen LogP contribution in [0.3, 0.4) is 0 Å². The predicted octanol–water partition coefficient (Wildman–Crippen LogP) is 1.73. The van der Waals surface area contributed by atoms with Crippen molar-refractivity contribution in [3.05, 3.63) is 0 Å². The molecular weight excluding hydrogens is 156 g/mol. The van der Waals surface area contributed by atoms with Crippen molar-refractivity contribution in [1.29, 1.82) is 5.26 Å². The molecule has 1 rings (SSSR count). The molecule has 0 heterocycles. The third kappa shape index (κ3) is 2.30. The first-order chi connectivity index (χ1) is 5.38. The summed E-state index contributed by atoms with van der Waals surface area (Å²) >= 11 is 1.88. The second kappa shape index (κ2) is 4.50. The number of hydrogen-bond donors (Lipinski definition) is 1. The minimum absolute atomic E-state index is 0.434. The summed E-state index contributed by atoms with van der Waals surface area (Å²) in [5.41, 5.74) is 0. The third-order valence-corrected chi connectivity index (χ3v) is 3.42. The second-order valence-corrected chi connectivity index (χ2v) is 4.00. The van der Waals surface area contributed by atoms with Gasteiger partial charge >= 0.3 is 0 Å². The molecule has 11 heavy (non-hydrogen) atoms. The van der Waals surface area contributed by atoms with Crippen LogP contribution in [0.4, 0.5) is 0 Å². The largest absolute Gasteiger partial charge is 0.320 e. The number of nitrogens with zero attached hydrogens (tertiary/aromatic N) is 1. The van der Waals surface area contributed by atoms with Crippen LogP contribution < -0.4 is 5.32 Å². The first-order valence-corrected chi connectivity index (χ1v) is 5.34. The lowest BCUT2D eigenvalue weighted by Gasteiger charge is -2.28. The number of nitrogens with one attached hydrogen (secondary N) is 1. The lowest BCUT2D eigenvalue weighted by atomic mass is 9.95. The fourth-order valence-corrected chi connectivity index (χ4v) is 2.56. The molecule has 2 unspecified atom stereocenters. The van der Waals surface area contributed by atoms with Crippen LogP contribution in [0.5, 0.6) is 0 Å². The van der Waals surface area contributed by atoms with Crippen molar-refractivity contribution in [2.45, 2.75) is 37.0 Å². The van der Waals surface area contributed by atoms with Gasteiger partial charge in [-0.2, -0.15) is 17.0 Å². The van der Waals surface area contributed by atoms with Crippen LogP contribution in [0.25, 0.3) is 0 Å². The summed E-state index contributed by atoms with van der Waals surface area (Å²) in [5, 5.41) is 12.0. The Bertz CT molecular complexity index is 153. The maximum Gasteiger partial charge on any atom is 0.176 e. The molecule has 0 saturated heterocycles. The van der Waals surface area contributed by atoms with Gasteiger partial charge in [0.1, 0.15) is 0 Å². The Hall–Kier alpha value is -0.360. The lowest BCUT2D eigenvalue weighted by molar-refractivity contribution is 0.420. The SMILES string of the molecule is CSC1CCCCC1NC#N. The summed E-state index contributed by atoms with van der Waals surface area (Å²) in [6.07, 6.45) is 9.20. The van der Waals surface area contributed by atoms with Crippen LogP contribution in [0, 0.1) is 11.5 Å². The van der Waals surface area contributed by atoms with Crippen molar-refractivity contribution in [2.24, 2.45) is 0 Å². The molecule has 2 atom stereocenters. The average Bonchev–Trinajstić information content (AvgIpc) is 2.06. The highest BCUT2D eigenvalue weighted by molar-refractivity contribution is 7.99. The van der Waals surface area contributed by atoms with Crippen molar-refractivity contribution in [1.82, 2.24) is 5.32 Å². The summed E-state index contributed by atoms with van der Waals surface area (Å²) in [4.78, 5) is 0. The standard InChI is InChI=1S/C8H14N2S/c1-11-8-5-3-2-4-7(8)10-6-9/h7-8,10H,2-5H2,1H3. The summed E-state index contributed by atoms with van der Waals surface area (Å²) in [6.45, 7) is 0. The molecule has 1 N–H and O–H groups in total. The average molecular weight is 170 g/mol. The minimum atomic E-state index is 0.434. The van der Waals surface area contributed by atoms with Gasteiger partial charge in [-0.3, -0.25) is 0 Å². The predicted molar refractivity (Wildman–Crippen MR) is 48.3 cm³/mol. The molecule has 1 aliphatic rings. The number of nitriles is 1. The van der Waals surface area contributed by atoms with E-state index in [1.807, 2.05) is 18.0 Å². The van der Waals surface area contributed by atoms with Gasteiger partial charge in [0.15, 0.2) is 6.19 Å². The van der Waals surface area contributed by atoms with Crippen LogP contribution in [0.15, 0.2) is 0 Å². The highest BCUT2D eigenvalue weighted by atomic mass is 32.2. The maximum atomic E-state index is 8.46. The third-order valence-electron chi connectivity index (χ3n) is 2.26. The Kier molecular flexibility index (Phi) is 3.58. The van der Waals surface area contributed by atoms with E-state index in [-0.39, 0.29) is 0 Å². The smallest absolute Gasteiger partial charge is 0.176 e. The molecule has 1 saturated carbocycles. The van der Waals surface area contributed by atoms with Crippen molar-refractivity contribution >= 4 is 11.8 Å². The maximum absolute atomic E-state index is 8.46. The van der Waals surface area contributed by atoms with Gasteiger partial charge in [-0.25, -0.2) is 0 Å². The summed E-state index contributed by atoms with van der Waals surface area (Å²) in [5.74, 6) is 0. The molecule has 0 bridgehead atoms. The Balaban J connectivity index is 2.39. The Morgan fingerprint density at radius 3 is 2.82 bits per heavy atom. The van der Waals surface area contributed by atoms with Crippen LogP contribution in [0.2, 0.25) is 0 Å². The summed E-state index contributed by atoms with van der Waals surface area (Å²) in [6, 6.07) is 0.434. The first kappa shape index (κ1) is 8.73. The molecular formula is C8H14N2S. The molecule has 2 nitrogen and oxygen atoms in total. The number of rotatable bonds is 2. The van der Waals surface area contributed by atoms with E-state index in [1.54, 1.807) is 0 Å². The summed E-state index contributed by atoms with van der Waals surface area (Å²) < 4.78 is 0. The lowest BCUT2D eigenvalue weighted by Crippen LogP contribution is -2.37. The Morgan fingerprint density at radius 2 is 2.18 bits per heavy atom. The molecule has 0 amide bonds. The van der Waals surface area contributed by atoms with Gasteiger partial charge in [-0.1, -0.05) is 12.8 Å². The number of thioether (sulfide) groups is 1. The van der Waals surface area contributed by atoms with Gasteiger partial charge < -0.3 is 5.32 Å². The van der Waals surface area contributed by atoms with Gasteiger partial charge in [-0.05, 0) is 19.1 Å². The van der Waals surface area contributed by atoms with Crippen molar-refractivity contribution < 1.29 is 0 Å². The molecule has 0 aromatic carbocycles. The molecule has 1 fully saturated rings. The van der Waals surface area contributed by atoms with E-state index in [9.17, 15) is 0 Å². The van der Waals surface area contributed by atoms with Crippen molar-refractivity contribution in [3.63, 3.8) is 0 Å². The zero-order chi connectivity index (χ0) is 8.10. The minimum Gasteiger partial charge on any atom is -0.320 e. The molecule has 62 valence electrons. The van der Waals surface area contributed by atoms with Gasteiger partial charge in [0.25, 0.3) is 0 Å². The quantitative estimate of drug-likeness (QED) is 0.506.